The summed E-state index contributed by atoms with van der Waals surface area (Å²) in [6, 6.07) is 0. The Hall–Kier alpha value is -1.26. The Kier molecular flexibility index (Phi) is 11.3. The lowest BCUT2D eigenvalue weighted by Gasteiger charge is -2.38. The maximum atomic E-state index is 10.2. The standard InChI is InChI=1S/C20H36N4O9/c21-1-3-30-13-16-12-24(23-22-16)2-4-27-5-6-28-7-8-29-9-10-31-14-20-15-32-18(33-20)11-17(25)19(20)26/h12,17-19,25-26H,1-11,13-15,21H2/t17-,18+,19-,20+/m1/s1. The van der Waals surface area contributed by atoms with Gasteiger partial charge in [0.2, 0.25) is 0 Å². The minimum absolute atomic E-state index is 0.136. The molecule has 0 aromatic carbocycles. The number of nitrogens with two attached hydrogens (primary N) is 1. The molecule has 190 valence electrons. The summed E-state index contributed by atoms with van der Waals surface area (Å²) < 4.78 is 40.1. The van der Waals surface area contributed by atoms with Crippen LogP contribution < -0.4 is 5.73 Å². The van der Waals surface area contributed by atoms with Crippen molar-refractivity contribution in [3.8, 4) is 0 Å². The first kappa shape index (κ1) is 26.3. The molecule has 0 aliphatic carbocycles. The van der Waals surface area contributed by atoms with Crippen molar-refractivity contribution >= 4 is 0 Å². The zero-order chi connectivity index (χ0) is 23.4. The van der Waals surface area contributed by atoms with Crippen LogP contribution in [0.25, 0.3) is 0 Å². The average molecular weight is 477 g/mol. The van der Waals surface area contributed by atoms with Gasteiger partial charge in [-0.1, -0.05) is 5.21 Å². The monoisotopic (exact) mass is 476 g/mol. The summed E-state index contributed by atoms with van der Waals surface area (Å²) in [5.41, 5.74) is 5.13. The second kappa shape index (κ2) is 14.2. The molecule has 2 aliphatic heterocycles. The Morgan fingerprint density at radius 3 is 2.42 bits per heavy atom. The smallest absolute Gasteiger partial charge is 0.161 e. The first-order chi connectivity index (χ1) is 16.1. The number of aliphatic hydroxyl groups is 2. The topological polar surface area (TPSA) is 162 Å². The van der Waals surface area contributed by atoms with Crippen molar-refractivity contribution < 1.29 is 43.4 Å². The molecule has 13 nitrogen and oxygen atoms in total. The SMILES string of the molecule is NCCOCc1cn(CCOCCOCCOCCOC[C@]23CO[C@H](C[C@@H](O)[C@H]2O)O3)nn1. The summed E-state index contributed by atoms with van der Waals surface area (Å²) in [5, 5.41) is 28.1. The van der Waals surface area contributed by atoms with E-state index in [-0.39, 0.29) is 19.6 Å². The van der Waals surface area contributed by atoms with Gasteiger partial charge in [0.25, 0.3) is 0 Å². The Morgan fingerprint density at radius 1 is 1.00 bits per heavy atom. The van der Waals surface area contributed by atoms with Gasteiger partial charge in [0.15, 0.2) is 6.29 Å². The molecule has 4 N–H and O–H groups in total. The fraction of sp³-hybridized carbons (Fsp3) is 0.900. The summed E-state index contributed by atoms with van der Waals surface area (Å²) in [6.45, 7) is 5.38. The van der Waals surface area contributed by atoms with Crippen LogP contribution in [0.15, 0.2) is 6.20 Å². The third-order valence-electron chi connectivity index (χ3n) is 5.24. The minimum atomic E-state index is -1.03. The summed E-state index contributed by atoms with van der Waals surface area (Å²) in [6.07, 6.45) is -0.280. The number of hydrogen-bond acceptors (Lipinski definition) is 12. The molecular formula is C20H36N4O9. The van der Waals surface area contributed by atoms with Crippen molar-refractivity contribution in [3.63, 3.8) is 0 Å². The number of fused-ring (bicyclic) bond motifs is 2. The molecule has 2 saturated heterocycles. The molecule has 3 rings (SSSR count). The molecular weight excluding hydrogens is 440 g/mol. The summed E-state index contributed by atoms with van der Waals surface area (Å²) in [4.78, 5) is 0. The minimum Gasteiger partial charge on any atom is -0.390 e. The van der Waals surface area contributed by atoms with Crippen LogP contribution in [0.5, 0.6) is 0 Å². The molecule has 0 saturated carbocycles. The van der Waals surface area contributed by atoms with E-state index in [1.807, 2.05) is 6.20 Å². The van der Waals surface area contributed by atoms with E-state index in [1.54, 1.807) is 4.68 Å². The summed E-state index contributed by atoms with van der Waals surface area (Å²) in [7, 11) is 0. The van der Waals surface area contributed by atoms with Crippen molar-refractivity contribution in [2.75, 3.05) is 72.6 Å². The molecule has 33 heavy (non-hydrogen) atoms. The number of hydrogen-bond donors (Lipinski definition) is 3. The number of ether oxygens (including phenoxy) is 7. The fourth-order valence-corrected chi connectivity index (χ4v) is 3.51. The lowest BCUT2D eigenvalue weighted by Crippen LogP contribution is -2.57. The van der Waals surface area contributed by atoms with E-state index in [1.165, 1.54) is 0 Å². The van der Waals surface area contributed by atoms with Gasteiger partial charge in [0.1, 0.15) is 17.4 Å². The number of rotatable bonds is 18. The van der Waals surface area contributed by atoms with Crippen molar-refractivity contribution in [1.29, 1.82) is 0 Å². The molecule has 2 bridgehead atoms. The first-order valence-electron chi connectivity index (χ1n) is 11.3. The van der Waals surface area contributed by atoms with E-state index in [9.17, 15) is 10.2 Å². The van der Waals surface area contributed by atoms with E-state index in [2.05, 4.69) is 10.3 Å². The molecule has 1 aromatic rings. The third kappa shape index (κ3) is 8.47. The fourth-order valence-electron chi connectivity index (χ4n) is 3.51. The van der Waals surface area contributed by atoms with Crippen LogP contribution >= 0.6 is 0 Å². The molecule has 13 heteroatoms. The second-order valence-electron chi connectivity index (χ2n) is 7.87. The maximum absolute atomic E-state index is 10.2. The Bertz CT molecular complexity index is 667. The third-order valence-corrected chi connectivity index (χ3v) is 5.24. The van der Waals surface area contributed by atoms with Gasteiger partial charge in [0, 0.05) is 13.0 Å². The molecule has 0 amide bonds. The van der Waals surface area contributed by atoms with Crippen molar-refractivity contribution in [2.45, 2.75) is 43.7 Å². The largest absolute Gasteiger partial charge is 0.390 e. The predicted octanol–water partition coefficient (Wildman–Crippen LogP) is -1.94. The highest BCUT2D eigenvalue weighted by Crippen LogP contribution is 2.36. The van der Waals surface area contributed by atoms with Crippen LogP contribution in [-0.4, -0.2) is 122 Å². The molecule has 2 fully saturated rings. The summed E-state index contributed by atoms with van der Waals surface area (Å²) >= 11 is 0. The quantitative estimate of drug-likeness (QED) is 0.201. The van der Waals surface area contributed by atoms with Gasteiger partial charge in [-0.15, -0.1) is 5.10 Å². The number of nitrogens with zero attached hydrogens (tertiary/aromatic N) is 3. The van der Waals surface area contributed by atoms with E-state index in [0.717, 1.165) is 5.69 Å². The lowest BCUT2D eigenvalue weighted by molar-refractivity contribution is -0.225. The van der Waals surface area contributed by atoms with Crippen LogP contribution in [0.4, 0.5) is 0 Å². The Morgan fingerprint density at radius 2 is 1.70 bits per heavy atom. The van der Waals surface area contributed by atoms with Crippen molar-refractivity contribution in [2.24, 2.45) is 5.73 Å². The predicted molar refractivity (Wildman–Crippen MR) is 112 cm³/mol. The van der Waals surface area contributed by atoms with Crippen LogP contribution in [0.2, 0.25) is 0 Å². The Labute approximate surface area is 193 Å². The number of aliphatic hydroxyl groups excluding tert-OH is 2. The highest BCUT2D eigenvalue weighted by molar-refractivity contribution is 5.00. The van der Waals surface area contributed by atoms with Gasteiger partial charge in [-0.3, -0.25) is 0 Å². The molecule has 0 unspecified atom stereocenters. The highest BCUT2D eigenvalue weighted by atomic mass is 16.7. The molecule has 4 atom stereocenters. The average Bonchev–Trinajstić information content (AvgIpc) is 3.41. The van der Waals surface area contributed by atoms with Gasteiger partial charge in [0.05, 0.1) is 91.5 Å². The highest BCUT2D eigenvalue weighted by Gasteiger charge is 2.54. The maximum Gasteiger partial charge on any atom is 0.161 e. The van der Waals surface area contributed by atoms with Crippen LogP contribution in [0, 0.1) is 0 Å². The van der Waals surface area contributed by atoms with Crippen LogP contribution in [0.3, 0.4) is 0 Å². The Balaban J connectivity index is 1.09. The van der Waals surface area contributed by atoms with Crippen LogP contribution in [0.1, 0.15) is 12.1 Å². The molecule has 0 radical (unpaired) electrons. The normalized spacial score (nSPS) is 26.8. The summed E-state index contributed by atoms with van der Waals surface area (Å²) in [5.74, 6) is 0. The first-order valence-corrected chi connectivity index (χ1v) is 11.3. The van der Waals surface area contributed by atoms with E-state index < -0.39 is 24.1 Å². The van der Waals surface area contributed by atoms with Crippen molar-refractivity contribution in [3.05, 3.63) is 11.9 Å². The lowest BCUT2D eigenvalue weighted by atomic mass is 9.91. The van der Waals surface area contributed by atoms with Crippen molar-refractivity contribution in [1.82, 2.24) is 15.0 Å². The second-order valence-corrected chi connectivity index (χ2v) is 7.87. The zero-order valence-electron chi connectivity index (χ0n) is 18.9. The molecule has 1 aromatic heterocycles. The van der Waals surface area contributed by atoms with Gasteiger partial charge in [-0.25, -0.2) is 4.68 Å². The van der Waals surface area contributed by atoms with Gasteiger partial charge in [-0.2, -0.15) is 0 Å². The molecule has 2 aliphatic rings. The van der Waals surface area contributed by atoms with E-state index in [0.29, 0.717) is 72.6 Å². The molecule has 0 spiro atoms. The van der Waals surface area contributed by atoms with Gasteiger partial charge >= 0.3 is 0 Å². The molecule has 3 heterocycles. The van der Waals surface area contributed by atoms with E-state index >= 15 is 0 Å². The van der Waals surface area contributed by atoms with Gasteiger partial charge < -0.3 is 49.1 Å². The number of aromatic nitrogens is 3. The van der Waals surface area contributed by atoms with Crippen LogP contribution in [-0.2, 0) is 46.3 Å². The zero-order valence-corrected chi connectivity index (χ0v) is 18.9. The van der Waals surface area contributed by atoms with Gasteiger partial charge in [-0.05, 0) is 0 Å². The van der Waals surface area contributed by atoms with E-state index in [4.69, 9.17) is 38.9 Å².